The SMILES string of the molecule is CC(C)C1(C(C)(C)C)CC(=O)NC1=O. The van der Waals surface area contributed by atoms with E-state index in [9.17, 15) is 9.59 Å². The second-order valence-electron chi connectivity index (χ2n) is 5.43. The summed E-state index contributed by atoms with van der Waals surface area (Å²) in [5.74, 6) is -0.0717. The normalized spacial score (nSPS) is 28.4. The first-order valence-corrected chi connectivity index (χ1v) is 5.06. The van der Waals surface area contributed by atoms with Gasteiger partial charge in [-0.05, 0) is 11.3 Å². The highest BCUT2D eigenvalue weighted by atomic mass is 16.2. The molecule has 0 aromatic carbocycles. The molecule has 0 saturated carbocycles. The van der Waals surface area contributed by atoms with Crippen LogP contribution >= 0.6 is 0 Å². The molecule has 0 aliphatic carbocycles. The van der Waals surface area contributed by atoms with Gasteiger partial charge in [0.15, 0.2) is 0 Å². The zero-order chi connectivity index (χ0) is 11.1. The van der Waals surface area contributed by atoms with Crippen LogP contribution in [0, 0.1) is 16.7 Å². The third-order valence-corrected chi connectivity index (χ3v) is 3.42. The monoisotopic (exact) mass is 197 g/mol. The molecular formula is C11H19NO2. The number of nitrogens with one attached hydrogen (secondary N) is 1. The van der Waals surface area contributed by atoms with E-state index in [1.165, 1.54) is 0 Å². The van der Waals surface area contributed by atoms with Crippen molar-refractivity contribution in [3.8, 4) is 0 Å². The Bertz CT molecular complexity index is 276. The Labute approximate surface area is 85.3 Å². The minimum Gasteiger partial charge on any atom is -0.296 e. The Balaban J connectivity index is 3.19. The summed E-state index contributed by atoms with van der Waals surface area (Å²) >= 11 is 0. The first-order valence-electron chi connectivity index (χ1n) is 5.06. The number of imide groups is 1. The van der Waals surface area contributed by atoms with Crippen LogP contribution in [-0.4, -0.2) is 11.8 Å². The largest absolute Gasteiger partial charge is 0.296 e. The molecule has 1 saturated heterocycles. The van der Waals surface area contributed by atoms with E-state index < -0.39 is 5.41 Å². The fraction of sp³-hybridized carbons (Fsp3) is 0.818. The second-order valence-corrected chi connectivity index (χ2v) is 5.43. The van der Waals surface area contributed by atoms with Crippen LogP contribution in [0.3, 0.4) is 0 Å². The van der Waals surface area contributed by atoms with Crippen molar-refractivity contribution in [2.75, 3.05) is 0 Å². The Morgan fingerprint density at radius 3 is 1.93 bits per heavy atom. The first-order chi connectivity index (χ1) is 6.22. The van der Waals surface area contributed by atoms with Gasteiger partial charge < -0.3 is 0 Å². The third-order valence-electron chi connectivity index (χ3n) is 3.42. The molecule has 0 radical (unpaired) electrons. The molecule has 14 heavy (non-hydrogen) atoms. The summed E-state index contributed by atoms with van der Waals surface area (Å²) in [4.78, 5) is 23.2. The van der Waals surface area contributed by atoms with Gasteiger partial charge in [-0.25, -0.2) is 0 Å². The molecule has 3 nitrogen and oxygen atoms in total. The Morgan fingerprint density at radius 1 is 1.29 bits per heavy atom. The predicted molar refractivity (Wildman–Crippen MR) is 54.5 cm³/mol. The van der Waals surface area contributed by atoms with Crippen LogP contribution in [0.5, 0.6) is 0 Å². The molecular weight excluding hydrogens is 178 g/mol. The number of carbonyl (C=O) groups excluding carboxylic acids is 2. The fourth-order valence-electron chi connectivity index (χ4n) is 2.55. The first kappa shape index (κ1) is 11.2. The lowest BCUT2D eigenvalue weighted by Crippen LogP contribution is -2.46. The molecule has 1 N–H and O–H groups in total. The van der Waals surface area contributed by atoms with Gasteiger partial charge in [0.25, 0.3) is 0 Å². The van der Waals surface area contributed by atoms with Crippen molar-refractivity contribution in [3.63, 3.8) is 0 Å². The van der Waals surface area contributed by atoms with E-state index in [0.717, 1.165) is 0 Å². The molecule has 1 rings (SSSR count). The zero-order valence-electron chi connectivity index (χ0n) is 9.60. The van der Waals surface area contributed by atoms with Gasteiger partial charge in [0.05, 0.1) is 5.41 Å². The van der Waals surface area contributed by atoms with Gasteiger partial charge in [0.1, 0.15) is 0 Å². The molecule has 0 aromatic rings. The number of rotatable bonds is 1. The third kappa shape index (κ3) is 1.35. The van der Waals surface area contributed by atoms with Gasteiger partial charge in [-0.2, -0.15) is 0 Å². The van der Waals surface area contributed by atoms with Crippen LogP contribution in [0.4, 0.5) is 0 Å². The average molecular weight is 197 g/mol. The smallest absolute Gasteiger partial charge is 0.234 e. The van der Waals surface area contributed by atoms with Crippen LogP contribution in [0.15, 0.2) is 0 Å². The van der Waals surface area contributed by atoms with Crippen LogP contribution in [-0.2, 0) is 9.59 Å². The quantitative estimate of drug-likeness (QED) is 0.651. The van der Waals surface area contributed by atoms with Crippen molar-refractivity contribution in [2.24, 2.45) is 16.7 Å². The van der Waals surface area contributed by atoms with E-state index in [-0.39, 0.29) is 23.1 Å². The van der Waals surface area contributed by atoms with Gasteiger partial charge in [-0.1, -0.05) is 34.6 Å². The standard InChI is InChI=1S/C11H19NO2/c1-7(2)11(10(3,4)5)6-8(13)12-9(11)14/h7H,6H2,1-5H3,(H,12,13,14). The summed E-state index contributed by atoms with van der Waals surface area (Å²) in [7, 11) is 0. The lowest BCUT2D eigenvalue weighted by atomic mass is 9.59. The van der Waals surface area contributed by atoms with Gasteiger partial charge in [-0.3, -0.25) is 14.9 Å². The maximum absolute atomic E-state index is 11.9. The fourth-order valence-corrected chi connectivity index (χ4v) is 2.55. The average Bonchev–Trinajstić information content (AvgIpc) is 2.24. The molecule has 1 aliphatic rings. The molecule has 1 aliphatic heterocycles. The summed E-state index contributed by atoms with van der Waals surface area (Å²) in [6, 6.07) is 0. The number of carbonyl (C=O) groups is 2. The molecule has 0 bridgehead atoms. The lowest BCUT2D eigenvalue weighted by molar-refractivity contribution is -0.137. The molecule has 2 amide bonds. The highest BCUT2D eigenvalue weighted by Gasteiger charge is 2.56. The summed E-state index contributed by atoms with van der Waals surface area (Å²) in [5, 5.41) is 2.42. The van der Waals surface area contributed by atoms with Crippen LogP contribution in [0.25, 0.3) is 0 Å². The highest BCUT2D eigenvalue weighted by Crippen LogP contribution is 2.49. The van der Waals surface area contributed by atoms with Crippen molar-refractivity contribution < 1.29 is 9.59 Å². The Hall–Kier alpha value is -0.860. The lowest BCUT2D eigenvalue weighted by Gasteiger charge is -2.42. The van der Waals surface area contributed by atoms with Gasteiger partial charge in [0.2, 0.25) is 11.8 Å². The molecule has 1 atom stereocenters. The molecule has 80 valence electrons. The molecule has 0 spiro atoms. The van der Waals surface area contributed by atoms with Crippen molar-refractivity contribution in [2.45, 2.75) is 41.0 Å². The zero-order valence-corrected chi connectivity index (χ0v) is 9.60. The minimum atomic E-state index is -0.538. The molecule has 1 unspecified atom stereocenters. The second kappa shape index (κ2) is 3.07. The van der Waals surface area contributed by atoms with Crippen LogP contribution < -0.4 is 5.32 Å². The van der Waals surface area contributed by atoms with E-state index in [2.05, 4.69) is 5.32 Å². The minimum absolute atomic E-state index is 0.106. The number of hydrogen-bond acceptors (Lipinski definition) is 2. The van der Waals surface area contributed by atoms with E-state index in [0.29, 0.717) is 6.42 Å². The number of amides is 2. The van der Waals surface area contributed by atoms with E-state index in [1.54, 1.807) is 0 Å². The Morgan fingerprint density at radius 2 is 1.79 bits per heavy atom. The van der Waals surface area contributed by atoms with Crippen LogP contribution in [0.2, 0.25) is 0 Å². The maximum Gasteiger partial charge on any atom is 0.234 e. The predicted octanol–water partition coefficient (Wildman–Crippen LogP) is 1.72. The van der Waals surface area contributed by atoms with Crippen molar-refractivity contribution >= 4 is 11.8 Å². The van der Waals surface area contributed by atoms with Gasteiger partial charge in [0, 0.05) is 6.42 Å². The van der Waals surface area contributed by atoms with E-state index >= 15 is 0 Å². The Kier molecular flexibility index (Phi) is 2.46. The van der Waals surface area contributed by atoms with Crippen molar-refractivity contribution in [3.05, 3.63) is 0 Å². The van der Waals surface area contributed by atoms with Crippen LogP contribution in [0.1, 0.15) is 41.0 Å². The summed E-state index contributed by atoms with van der Waals surface area (Å²) < 4.78 is 0. The van der Waals surface area contributed by atoms with Gasteiger partial charge >= 0.3 is 0 Å². The summed E-state index contributed by atoms with van der Waals surface area (Å²) in [6.45, 7) is 10.1. The molecule has 3 heteroatoms. The molecule has 1 heterocycles. The highest BCUT2D eigenvalue weighted by molar-refractivity contribution is 6.06. The summed E-state index contributed by atoms with van der Waals surface area (Å²) in [5.41, 5.74) is -0.721. The molecule has 1 fully saturated rings. The van der Waals surface area contributed by atoms with Crippen molar-refractivity contribution in [1.29, 1.82) is 0 Å². The van der Waals surface area contributed by atoms with Crippen molar-refractivity contribution in [1.82, 2.24) is 5.32 Å². The maximum atomic E-state index is 11.9. The topological polar surface area (TPSA) is 46.2 Å². The number of hydrogen-bond donors (Lipinski definition) is 1. The molecule has 0 aromatic heterocycles. The van der Waals surface area contributed by atoms with E-state index in [4.69, 9.17) is 0 Å². The van der Waals surface area contributed by atoms with E-state index in [1.807, 2.05) is 34.6 Å². The summed E-state index contributed by atoms with van der Waals surface area (Å²) in [6.07, 6.45) is 0.326. The van der Waals surface area contributed by atoms with Gasteiger partial charge in [-0.15, -0.1) is 0 Å².